The van der Waals surface area contributed by atoms with Gasteiger partial charge in [0.1, 0.15) is 0 Å². The van der Waals surface area contributed by atoms with E-state index >= 15 is 0 Å². The van der Waals surface area contributed by atoms with Crippen LogP contribution in [0.1, 0.15) is 66.2 Å². The van der Waals surface area contributed by atoms with E-state index in [-0.39, 0.29) is 0 Å². The highest BCUT2D eigenvalue weighted by Crippen LogP contribution is 2.33. The third kappa shape index (κ3) is 4.67. The first-order valence-corrected chi connectivity index (χ1v) is 6.20. The van der Waals surface area contributed by atoms with Gasteiger partial charge in [-0.05, 0) is 26.2 Å². The summed E-state index contributed by atoms with van der Waals surface area (Å²) in [6.07, 6.45) is 6.93. The average molecular weight is 214 g/mol. The van der Waals surface area contributed by atoms with Gasteiger partial charge in [-0.15, -0.1) is 0 Å². The fourth-order valence-electron chi connectivity index (χ4n) is 2.07. The summed E-state index contributed by atoms with van der Waals surface area (Å²) in [6.45, 7) is 7.99. The Bertz CT molecular complexity index is 185. The quantitative estimate of drug-likeness (QED) is 0.618. The molecule has 90 valence electrons. The van der Waals surface area contributed by atoms with Crippen LogP contribution in [0.3, 0.4) is 0 Å². The van der Waals surface area contributed by atoms with Crippen LogP contribution < -0.4 is 0 Å². The molecule has 0 bridgehead atoms. The van der Waals surface area contributed by atoms with E-state index < -0.39 is 11.4 Å². The van der Waals surface area contributed by atoms with Crippen molar-refractivity contribution < 1.29 is 9.90 Å². The van der Waals surface area contributed by atoms with E-state index in [4.69, 9.17) is 5.11 Å². The maximum atomic E-state index is 11.1. The number of carboxylic acids is 1. The van der Waals surface area contributed by atoms with Crippen molar-refractivity contribution >= 4 is 5.97 Å². The summed E-state index contributed by atoms with van der Waals surface area (Å²) in [5.41, 5.74) is -0.568. The summed E-state index contributed by atoms with van der Waals surface area (Å²) in [5, 5.41) is 9.15. The van der Waals surface area contributed by atoms with Crippen LogP contribution in [0.15, 0.2) is 0 Å². The van der Waals surface area contributed by atoms with Gasteiger partial charge < -0.3 is 5.11 Å². The molecule has 0 amide bonds. The van der Waals surface area contributed by atoms with Crippen molar-refractivity contribution in [2.75, 3.05) is 0 Å². The third-order valence-electron chi connectivity index (χ3n) is 3.47. The Labute approximate surface area is 94.1 Å². The van der Waals surface area contributed by atoms with Crippen LogP contribution in [0.2, 0.25) is 0 Å². The molecule has 0 heterocycles. The number of hydrogen-bond acceptors (Lipinski definition) is 1. The summed E-state index contributed by atoms with van der Waals surface area (Å²) in [4.78, 5) is 11.1. The molecule has 0 aliphatic heterocycles. The number of carboxylic acid groups (broad SMARTS) is 1. The van der Waals surface area contributed by atoms with Gasteiger partial charge >= 0.3 is 5.97 Å². The predicted molar refractivity (Wildman–Crippen MR) is 64.0 cm³/mol. The van der Waals surface area contributed by atoms with E-state index in [9.17, 15) is 4.79 Å². The van der Waals surface area contributed by atoms with Gasteiger partial charge in [0.15, 0.2) is 0 Å². The Morgan fingerprint density at radius 1 is 1.20 bits per heavy atom. The van der Waals surface area contributed by atoms with Crippen molar-refractivity contribution in [1.82, 2.24) is 0 Å². The number of rotatable bonds is 8. The standard InChI is InChI=1S/C13H26O2/c1-5-7-8-9-10-11(6-2)13(3,4)12(14)15/h11H,5-10H2,1-4H3,(H,14,15). The van der Waals surface area contributed by atoms with Gasteiger partial charge in [-0.3, -0.25) is 4.79 Å². The second-order valence-corrected chi connectivity index (χ2v) is 4.98. The Hall–Kier alpha value is -0.530. The molecular formula is C13H26O2. The van der Waals surface area contributed by atoms with Crippen molar-refractivity contribution in [2.45, 2.75) is 66.2 Å². The van der Waals surface area contributed by atoms with Gasteiger partial charge in [0.05, 0.1) is 5.41 Å². The first kappa shape index (κ1) is 14.5. The minimum absolute atomic E-state index is 0.312. The molecule has 0 aromatic rings. The summed E-state index contributed by atoms with van der Waals surface area (Å²) in [5.74, 6) is -0.350. The fourth-order valence-corrected chi connectivity index (χ4v) is 2.07. The van der Waals surface area contributed by atoms with Crippen molar-refractivity contribution in [2.24, 2.45) is 11.3 Å². The monoisotopic (exact) mass is 214 g/mol. The molecule has 0 saturated carbocycles. The lowest BCUT2D eigenvalue weighted by Gasteiger charge is -2.29. The van der Waals surface area contributed by atoms with E-state index in [1.165, 1.54) is 25.7 Å². The zero-order valence-electron chi connectivity index (χ0n) is 10.7. The molecule has 0 aliphatic carbocycles. The fraction of sp³-hybridized carbons (Fsp3) is 0.923. The van der Waals surface area contributed by atoms with Crippen LogP contribution in [-0.2, 0) is 4.79 Å². The van der Waals surface area contributed by atoms with Crippen molar-refractivity contribution in [3.05, 3.63) is 0 Å². The molecule has 0 aromatic carbocycles. The molecule has 0 spiro atoms. The van der Waals surface area contributed by atoms with E-state index in [1.807, 2.05) is 13.8 Å². The van der Waals surface area contributed by atoms with Crippen LogP contribution in [0.5, 0.6) is 0 Å². The maximum absolute atomic E-state index is 11.1. The molecule has 1 N–H and O–H groups in total. The number of carbonyl (C=O) groups is 1. The molecule has 0 radical (unpaired) electrons. The van der Waals surface area contributed by atoms with Crippen LogP contribution in [0.25, 0.3) is 0 Å². The predicted octanol–water partition coefficient (Wildman–Crippen LogP) is 4.09. The van der Waals surface area contributed by atoms with Crippen LogP contribution in [-0.4, -0.2) is 11.1 Å². The summed E-state index contributed by atoms with van der Waals surface area (Å²) < 4.78 is 0. The van der Waals surface area contributed by atoms with Crippen molar-refractivity contribution in [3.8, 4) is 0 Å². The highest BCUT2D eigenvalue weighted by Gasteiger charge is 2.34. The summed E-state index contributed by atoms with van der Waals surface area (Å²) >= 11 is 0. The molecule has 0 aliphatic rings. The number of aliphatic carboxylic acids is 1. The second kappa shape index (κ2) is 6.86. The second-order valence-electron chi connectivity index (χ2n) is 4.98. The normalized spacial score (nSPS) is 13.9. The number of unbranched alkanes of at least 4 members (excludes halogenated alkanes) is 3. The van der Waals surface area contributed by atoms with Gasteiger partial charge in [-0.2, -0.15) is 0 Å². The highest BCUT2D eigenvalue weighted by atomic mass is 16.4. The lowest BCUT2D eigenvalue weighted by atomic mass is 9.75. The zero-order valence-corrected chi connectivity index (χ0v) is 10.7. The van der Waals surface area contributed by atoms with E-state index in [0.29, 0.717) is 5.92 Å². The van der Waals surface area contributed by atoms with E-state index in [0.717, 1.165) is 12.8 Å². The lowest BCUT2D eigenvalue weighted by molar-refractivity contribution is -0.150. The average Bonchev–Trinajstić information content (AvgIpc) is 2.17. The molecule has 2 nitrogen and oxygen atoms in total. The maximum Gasteiger partial charge on any atom is 0.309 e. The summed E-state index contributed by atoms with van der Waals surface area (Å²) in [7, 11) is 0. The van der Waals surface area contributed by atoms with Gasteiger partial charge in [0, 0.05) is 0 Å². The van der Waals surface area contributed by atoms with Crippen LogP contribution in [0, 0.1) is 11.3 Å². The van der Waals surface area contributed by atoms with E-state index in [1.54, 1.807) is 0 Å². The molecule has 0 fully saturated rings. The Morgan fingerprint density at radius 2 is 1.80 bits per heavy atom. The molecular weight excluding hydrogens is 188 g/mol. The third-order valence-corrected chi connectivity index (χ3v) is 3.47. The van der Waals surface area contributed by atoms with Crippen LogP contribution in [0.4, 0.5) is 0 Å². The lowest BCUT2D eigenvalue weighted by Crippen LogP contribution is -2.32. The van der Waals surface area contributed by atoms with Gasteiger partial charge in [0.2, 0.25) is 0 Å². The van der Waals surface area contributed by atoms with Crippen molar-refractivity contribution in [3.63, 3.8) is 0 Å². The Balaban J connectivity index is 4.07. The first-order valence-electron chi connectivity index (χ1n) is 6.20. The Kier molecular flexibility index (Phi) is 6.62. The van der Waals surface area contributed by atoms with Crippen molar-refractivity contribution in [1.29, 1.82) is 0 Å². The molecule has 1 atom stereocenters. The molecule has 2 heteroatoms. The van der Waals surface area contributed by atoms with Gasteiger partial charge in [-0.25, -0.2) is 0 Å². The molecule has 0 aromatic heterocycles. The van der Waals surface area contributed by atoms with Gasteiger partial charge in [0.25, 0.3) is 0 Å². The number of hydrogen-bond donors (Lipinski definition) is 1. The topological polar surface area (TPSA) is 37.3 Å². The molecule has 1 unspecified atom stereocenters. The van der Waals surface area contributed by atoms with Gasteiger partial charge in [-0.1, -0.05) is 46.0 Å². The minimum Gasteiger partial charge on any atom is -0.481 e. The Morgan fingerprint density at radius 3 is 2.20 bits per heavy atom. The molecule has 15 heavy (non-hydrogen) atoms. The smallest absolute Gasteiger partial charge is 0.309 e. The minimum atomic E-state index is -0.662. The largest absolute Gasteiger partial charge is 0.481 e. The highest BCUT2D eigenvalue weighted by molar-refractivity contribution is 5.73. The summed E-state index contributed by atoms with van der Waals surface area (Å²) in [6, 6.07) is 0. The first-order chi connectivity index (χ1) is 6.96. The SMILES string of the molecule is CCCCCCC(CC)C(C)(C)C(=O)O. The van der Waals surface area contributed by atoms with Crippen LogP contribution >= 0.6 is 0 Å². The zero-order chi connectivity index (χ0) is 11.9. The van der Waals surface area contributed by atoms with E-state index in [2.05, 4.69) is 13.8 Å². The molecule has 0 rings (SSSR count). The molecule has 0 saturated heterocycles.